The maximum Gasteiger partial charge on any atom is 0.247 e. The number of hydrogen-bond acceptors (Lipinski definition) is 9. The summed E-state index contributed by atoms with van der Waals surface area (Å²) < 4.78 is 13.0. The van der Waals surface area contributed by atoms with E-state index in [2.05, 4.69) is 15.0 Å². The number of ether oxygens (including phenoxy) is 2. The number of imidazole rings is 1. The molecular weight excluding hydrogens is 334 g/mol. The lowest BCUT2D eigenvalue weighted by molar-refractivity contribution is -0.108. The Labute approximate surface area is 144 Å². The molecule has 0 aliphatic heterocycles. The Morgan fingerprint density at radius 1 is 1.42 bits per heavy atom. The minimum Gasteiger partial charge on any atom is -0.476 e. The van der Waals surface area contributed by atoms with Gasteiger partial charge >= 0.3 is 0 Å². The summed E-state index contributed by atoms with van der Waals surface area (Å²) in [4.78, 5) is 12.6. The van der Waals surface area contributed by atoms with Crippen LogP contribution in [-0.2, 0) is 4.74 Å². The van der Waals surface area contributed by atoms with E-state index in [0.717, 1.165) is 0 Å². The zero-order valence-corrected chi connectivity index (χ0v) is 14.7. The predicted octanol–water partition coefficient (Wildman–Crippen LogP) is 0.427. The number of aromatic nitrogens is 4. The average molecular weight is 357 g/mol. The molecule has 0 saturated carbocycles. The topological polar surface area (TPSA) is 129 Å². The van der Waals surface area contributed by atoms with Crippen LogP contribution in [-0.4, -0.2) is 67.2 Å². The monoisotopic (exact) mass is 357 g/mol. The fourth-order valence-electron chi connectivity index (χ4n) is 2.19. The fourth-order valence-corrected chi connectivity index (χ4v) is 2.72. The third kappa shape index (κ3) is 4.07. The van der Waals surface area contributed by atoms with Crippen molar-refractivity contribution < 1.29 is 19.7 Å². The summed E-state index contributed by atoms with van der Waals surface area (Å²) in [6.07, 6.45) is 1.48. The summed E-state index contributed by atoms with van der Waals surface area (Å²) in [5.74, 6) is 0.962. The predicted molar refractivity (Wildman–Crippen MR) is 92.0 cm³/mol. The summed E-state index contributed by atoms with van der Waals surface area (Å²) in [6, 6.07) is 0. The number of fused-ring (bicyclic) bond motifs is 1. The normalized spacial score (nSPS) is 15.4. The first-order valence-corrected chi connectivity index (χ1v) is 8.97. The molecule has 0 spiro atoms. The van der Waals surface area contributed by atoms with E-state index in [1.165, 1.54) is 0 Å². The molecule has 2 aromatic heterocycles. The van der Waals surface area contributed by atoms with Gasteiger partial charge in [-0.2, -0.15) is 21.7 Å². The number of anilines is 1. The van der Waals surface area contributed by atoms with E-state index in [0.29, 0.717) is 29.4 Å². The highest BCUT2D eigenvalue weighted by molar-refractivity contribution is 7.98. The number of hydrogen-bond donors (Lipinski definition) is 3. The van der Waals surface area contributed by atoms with Crippen molar-refractivity contribution >= 4 is 28.9 Å². The molecule has 0 aromatic carbocycles. The van der Waals surface area contributed by atoms with Crippen LogP contribution in [0, 0.1) is 0 Å². The van der Waals surface area contributed by atoms with Gasteiger partial charge in [-0.05, 0) is 20.1 Å². The highest BCUT2D eigenvalue weighted by atomic mass is 32.2. The summed E-state index contributed by atoms with van der Waals surface area (Å²) in [5, 5.41) is 19.1. The number of nitrogen functional groups attached to an aromatic ring is 1. The van der Waals surface area contributed by atoms with Gasteiger partial charge in [-0.1, -0.05) is 0 Å². The molecule has 0 aliphatic carbocycles. The van der Waals surface area contributed by atoms with Crippen LogP contribution in [0.2, 0.25) is 0 Å². The molecule has 134 valence electrons. The van der Waals surface area contributed by atoms with Gasteiger partial charge in [0, 0.05) is 5.75 Å². The quantitative estimate of drug-likeness (QED) is 0.585. The minimum atomic E-state index is -0.812. The van der Waals surface area contributed by atoms with E-state index in [4.69, 9.17) is 15.2 Å². The van der Waals surface area contributed by atoms with Gasteiger partial charge in [0.05, 0.1) is 25.6 Å². The molecule has 0 bridgehead atoms. The molecule has 3 atom stereocenters. The molecule has 2 rings (SSSR count). The van der Waals surface area contributed by atoms with Crippen molar-refractivity contribution in [1.29, 1.82) is 0 Å². The van der Waals surface area contributed by atoms with Gasteiger partial charge in [0.15, 0.2) is 11.2 Å². The molecule has 2 heterocycles. The molecule has 0 aliphatic rings. The maximum absolute atomic E-state index is 9.72. The Balaban J connectivity index is 2.43. The molecule has 0 saturated heterocycles. The summed E-state index contributed by atoms with van der Waals surface area (Å²) in [5.41, 5.74) is 6.73. The largest absolute Gasteiger partial charge is 0.476 e. The van der Waals surface area contributed by atoms with Crippen molar-refractivity contribution in [2.75, 3.05) is 31.0 Å². The molecule has 2 aromatic rings. The van der Waals surface area contributed by atoms with Crippen molar-refractivity contribution in [2.45, 2.75) is 32.3 Å². The molecule has 10 heteroatoms. The fraction of sp³-hybridized carbons (Fsp3) is 0.643. The van der Waals surface area contributed by atoms with E-state index < -0.39 is 18.4 Å². The van der Waals surface area contributed by atoms with Crippen molar-refractivity contribution in [1.82, 2.24) is 19.5 Å². The van der Waals surface area contributed by atoms with Crippen molar-refractivity contribution in [3.05, 3.63) is 6.33 Å². The van der Waals surface area contributed by atoms with Crippen LogP contribution in [0.4, 0.5) is 5.95 Å². The molecule has 0 fully saturated rings. The summed E-state index contributed by atoms with van der Waals surface area (Å²) in [6.45, 7) is 3.54. The maximum atomic E-state index is 9.72. The molecule has 24 heavy (non-hydrogen) atoms. The lowest BCUT2D eigenvalue weighted by Gasteiger charge is -2.26. The Morgan fingerprint density at radius 3 is 2.75 bits per heavy atom. The zero-order valence-electron chi connectivity index (χ0n) is 13.9. The van der Waals surface area contributed by atoms with E-state index in [1.54, 1.807) is 29.6 Å². The van der Waals surface area contributed by atoms with Crippen LogP contribution >= 0.6 is 11.8 Å². The SMILES string of the molecule is CCOc1nc(N)nc2c1ncn2[C@@H](CSC)O[C@H](CO)[C@H](C)O. The van der Waals surface area contributed by atoms with Crippen LogP contribution in [0.15, 0.2) is 6.33 Å². The molecule has 4 N–H and O–H groups in total. The van der Waals surface area contributed by atoms with Gasteiger partial charge in [0.1, 0.15) is 12.3 Å². The highest BCUT2D eigenvalue weighted by Gasteiger charge is 2.24. The van der Waals surface area contributed by atoms with Crippen LogP contribution in [0.3, 0.4) is 0 Å². The van der Waals surface area contributed by atoms with Crippen LogP contribution in [0.1, 0.15) is 20.1 Å². The van der Waals surface area contributed by atoms with Gasteiger partial charge in [-0.3, -0.25) is 4.57 Å². The number of aliphatic hydroxyl groups excluding tert-OH is 2. The van der Waals surface area contributed by atoms with Crippen LogP contribution in [0.25, 0.3) is 11.2 Å². The third-order valence-electron chi connectivity index (χ3n) is 3.36. The number of rotatable bonds is 9. The van der Waals surface area contributed by atoms with E-state index in [9.17, 15) is 10.2 Å². The molecule has 9 nitrogen and oxygen atoms in total. The van der Waals surface area contributed by atoms with Crippen molar-refractivity contribution in [2.24, 2.45) is 0 Å². The van der Waals surface area contributed by atoms with E-state index >= 15 is 0 Å². The van der Waals surface area contributed by atoms with E-state index in [-0.39, 0.29) is 12.6 Å². The standard InChI is InChI=1S/C14H23N5O4S/c1-4-22-13-11-12(17-14(15)18-13)19(7-16-11)10(6-24-3)23-9(5-20)8(2)21/h7-10,20-21H,4-6H2,1-3H3,(H2,15,17,18)/t8-,9+,10+/m0/s1. The Morgan fingerprint density at radius 2 is 2.17 bits per heavy atom. The Kier molecular flexibility index (Phi) is 6.60. The van der Waals surface area contributed by atoms with Crippen molar-refractivity contribution in [3.8, 4) is 5.88 Å². The first-order valence-electron chi connectivity index (χ1n) is 7.57. The second-order valence-electron chi connectivity index (χ2n) is 5.15. The van der Waals surface area contributed by atoms with Crippen LogP contribution < -0.4 is 10.5 Å². The van der Waals surface area contributed by atoms with Gasteiger partial charge in [-0.25, -0.2) is 4.98 Å². The first kappa shape index (κ1) is 18.7. The van der Waals surface area contributed by atoms with Crippen molar-refractivity contribution in [3.63, 3.8) is 0 Å². The second-order valence-corrected chi connectivity index (χ2v) is 6.06. The third-order valence-corrected chi connectivity index (χ3v) is 3.98. The summed E-state index contributed by atoms with van der Waals surface area (Å²) >= 11 is 1.56. The smallest absolute Gasteiger partial charge is 0.247 e. The van der Waals surface area contributed by atoms with Crippen LogP contribution in [0.5, 0.6) is 5.88 Å². The van der Waals surface area contributed by atoms with Gasteiger partial charge < -0.3 is 25.4 Å². The van der Waals surface area contributed by atoms with Gasteiger partial charge in [0.25, 0.3) is 0 Å². The lowest BCUT2D eigenvalue weighted by atomic mass is 10.2. The number of nitrogens with zero attached hydrogens (tertiary/aromatic N) is 4. The van der Waals surface area contributed by atoms with E-state index in [1.807, 2.05) is 13.2 Å². The second kappa shape index (κ2) is 8.47. The van der Waals surface area contributed by atoms with Gasteiger partial charge in [-0.15, -0.1) is 0 Å². The molecule has 0 radical (unpaired) electrons. The Bertz CT molecular complexity index is 666. The molecule has 0 amide bonds. The minimum absolute atomic E-state index is 0.0739. The number of nitrogens with two attached hydrogens (primary N) is 1. The molecule has 0 unspecified atom stereocenters. The Hall–Kier alpha value is -1.62. The van der Waals surface area contributed by atoms with Gasteiger partial charge in [0.2, 0.25) is 11.8 Å². The zero-order chi connectivity index (χ0) is 17.7. The lowest BCUT2D eigenvalue weighted by Crippen LogP contribution is -2.33. The average Bonchev–Trinajstić information content (AvgIpc) is 2.95. The number of aliphatic hydroxyl groups is 2. The molecular formula is C14H23N5O4S. The highest BCUT2D eigenvalue weighted by Crippen LogP contribution is 2.27. The summed E-state index contributed by atoms with van der Waals surface area (Å²) in [7, 11) is 0. The number of thioether (sulfide) groups is 1. The first-order chi connectivity index (χ1) is 11.5.